The standard InChI is InChI=1S/C15H14BrF2NO2/c16-12-7-10(5-6-13(12)17)19-8-11(20)9-21-15-4-2-1-3-14(15)18/h1-7,11,19-20H,8-9H2. The Labute approximate surface area is 129 Å². The number of benzene rings is 2. The number of halogens is 3. The van der Waals surface area contributed by atoms with Crippen LogP contribution in [0.25, 0.3) is 0 Å². The number of ether oxygens (including phenoxy) is 1. The van der Waals surface area contributed by atoms with E-state index in [2.05, 4.69) is 21.2 Å². The van der Waals surface area contributed by atoms with E-state index >= 15 is 0 Å². The maximum atomic E-state index is 13.3. The van der Waals surface area contributed by atoms with Crippen molar-refractivity contribution in [2.45, 2.75) is 6.10 Å². The molecule has 0 aliphatic carbocycles. The molecule has 0 spiro atoms. The Morgan fingerprint density at radius 2 is 1.90 bits per heavy atom. The van der Waals surface area contributed by atoms with Gasteiger partial charge >= 0.3 is 0 Å². The third-order valence-electron chi connectivity index (χ3n) is 2.73. The summed E-state index contributed by atoms with van der Waals surface area (Å²) in [4.78, 5) is 0. The molecule has 0 saturated carbocycles. The summed E-state index contributed by atoms with van der Waals surface area (Å²) in [7, 11) is 0. The minimum Gasteiger partial charge on any atom is -0.488 e. The van der Waals surface area contributed by atoms with Gasteiger partial charge in [0.05, 0.1) is 4.47 Å². The van der Waals surface area contributed by atoms with Gasteiger partial charge in [0.25, 0.3) is 0 Å². The van der Waals surface area contributed by atoms with E-state index in [1.165, 1.54) is 18.2 Å². The molecule has 0 heterocycles. The maximum Gasteiger partial charge on any atom is 0.165 e. The second-order valence-corrected chi connectivity index (χ2v) is 5.26. The van der Waals surface area contributed by atoms with Crippen LogP contribution in [0.1, 0.15) is 0 Å². The van der Waals surface area contributed by atoms with E-state index in [-0.39, 0.29) is 24.7 Å². The average Bonchev–Trinajstić information content (AvgIpc) is 2.47. The molecule has 21 heavy (non-hydrogen) atoms. The Hall–Kier alpha value is -1.66. The molecule has 0 aliphatic heterocycles. The molecule has 2 aromatic rings. The highest BCUT2D eigenvalue weighted by molar-refractivity contribution is 9.10. The number of aliphatic hydroxyl groups excluding tert-OH is 1. The van der Waals surface area contributed by atoms with Gasteiger partial charge in [-0.15, -0.1) is 0 Å². The molecule has 1 unspecified atom stereocenters. The zero-order valence-corrected chi connectivity index (χ0v) is 12.6. The fraction of sp³-hybridized carbons (Fsp3) is 0.200. The fourth-order valence-electron chi connectivity index (χ4n) is 1.65. The van der Waals surface area contributed by atoms with Gasteiger partial charge in [0, 0.05) is 12.2 Å². The third kappa shape index (κ3) is 4.68. The van der Waals surface area contributed by atoms with Gasteiger partial charge in [-0.05, 0) is 46.3 Å². The minimum absolute atomic E-state index is 0.0453. The first-order chi connectivity index (χ1) is 10.1. The van der Waals surface area contributed by atoms with Crippen molar-refractivity contribution in [3.05, 3.63) is 58.6 Å². The van der Waals surface area contributed by atoms with E-state index in [9.17, 15) is 13.9 Å². The summed E-state index contributed by atoms with van der Waals surface area (Å²) >= 11 is 3.08. The Bertz CT molecular complexity index is 610. The lowest BCUT2D eigenvalue weighted by atomic mass is 10.3. The second kappa shape index (κ2) is 7.38. The van der Waals surface area contributed by atoms with E-state index in [0.29, 0.717) is 10.2 Å². The monoisotopic (exact) mass is 357 g/mol. The molecule has 3 nitrogen and oxygen atoms in total. The van der Waals surface area contributed by atoms with Crippen molar-refractivity contribution < 1.29 is 18.6 Å². The van der Waals surface area contributed by atoms with Crippen LogP contribution in [0, 0.1) is 11.6 Å². The van der Waals surface area contributed by atoms with Gasteiger partial charge in [0.1, 0.15) is 18.5 Å². The van der Waals surface area contributed by atoms with Gasteiger partial charge < -0.3 is 15.2 Å². The molecular weight excluding hydrogens is 344 g/mol. The van der Waals surface area contributed by atoms with Crippen LogP contribution in [-0.4, -0.2) is 24.4 Å². The Kier molecular flexibility index (Phi) is 5.52. The van der Waals surface area contributed by atoms with Crippen molar-refractivity contribution in [3.63, 3.8) is 0 Å². The highest BCUT2D eigenvalue weighted by Crippen LogP contribution is 2.20. The molecule has 0 fully saturated rings. The normalized spacial score (nSPS) is 12.0. The zero-order valence-electron chi connectivity index (χ0n) is 11.0. The first-order valence-corrected chi connectivity index (χ1v) is 7.10. The van der Waals surface area contributed by atoms with Gasteiger partial charge in [-0.2, -0.15) is 0 Å². The van der Waals surface area contributed by atoms with Crippen LogP contribution in [0.4, 0.5) is 14.5 Å². The fourth-order valence-corrected chi connectivity index (χ4v) is 2.03. The summed E-state index contributed by atoms with van der Waals surface area (Å²) in [5, 5.41) is 12.7. The highest BCUT2D eigenvalue weighted by Gasteiger charge is 2.08. The lowest BCUT2D eigenvalue weighted by Crippen LogP contribution is -2.26. The van der Waals surface area contributed by atoms with Gasteiger partial charge in [-0.3, -0.25) is 0 Å². The van der Waals surface area contributed by atoms with Crippen molar-refractivity contribution in [2.75, 3.05) is 18.5 Å². The van der Waals surface area contributed by atoms with E-state index < -0.39 is 11.9 Å². The Balaban J connectivity index is 1.81. The van der Waals surface area contributed by atoms with E-state index in [0.717, 1.165) is 0 Å². The zero-order chi connectivity index (χ0) is 15.2. The summed E-state index contributed by atoms with van der Waals surface area (Å²) in [5.74, 6) is -0.731. The number of rotatable bonds is 6. The maximum absolute atomic E-state index is 13.3. The van der Waals surface area contributed by atoms with E-state index in [1.54, 1.807) is 24.3 Å². The molecule has 0 saturated heterocycles. The topological polar surface area (TPSA) is 41.5 Å². The number of para-hydroxylation sites is 1. The molecule has 0 aliphatic rings. The molecule has 1 atom stereocenters. The van der Waals surface area contributed by atoms with Crippen molar-refractivity contribution in [3.8, 4) is 5.75 Å². The second-order valence-electron chi connectivity index (χ2n) is 4.41. The molecule has 2 aromatic carbocycles. The summed E-state index contributed by atoms with van der Waals surface area (Å²) in [6, 6.07) is 10.4. The first-order valence-electron chi connectivity index (χ1n) is 6.30. The van der Waals surface area contributed by atoms with Gasteiger partial charge in [-0.1, -0.05) is 12.1 Å². The Morgan fingerprint density at radius 1 is 1.14 bits per heavy atom. The van der Waals surface area contributed by atoms with Crippen LogP contribution < -0.4 is 10.1 Å². The molecule has 0 aromatic heterocycles. The van der Waals surface area contributed by atoms with Crippen LogP contribution in [0.5, 0.6) is 5.75 Å². The molecular formula is C15H14BrF2NO2. The van der Waals surface area contributed by atoms with Crippen molar-refractivity contribution >= 4 is 21.6 Å². The first kappa shape index (κ1) is 15.7. The highest BCUT2D eigenvalue weighted by atomic mass is 79.9. The lowest BCUT2D eigenvalue weighted by molar-refractivity contribution is 0.115. The van der Waals surface area contributed by atoms with Crippen LogP contribution in [0.15, 0.2) is 46.9 Å². The smallest absolute Gasteiger partial charge is 0.165 e. The summed E-state index contributed by atoms with van der Waals surface area (Å²) in [5.41, 5.74) is 0.660. The SMILES string of the molecule is OC(CNc1ccc(F)c(Br)c1)COc1ccccc1F. The molecule has 0 bridgehead atoms. The summed E-state index contributed by atoms with van der Waals surface area (Å²) in [6.45, 7) is 0.156. The van der Waals surface area contributed by atoms with Crippen LogP contribution >= 0.6 is 15.9 Å². The van der Waals surface area contributed by atoms with Gasteiger partial charge in [0.2, 0.25) is 0 Å². The number of hydrogen-bond donors (Lipinski definition) is 2. The third-order valence-corrected chi connectivity index (χ3v) is 3.34. The molecule has 6 heteroatoms. The molecule has 2 N–H and O–H groups in total. The van der Waals surface area contributed by atoms with E-state index in [4.69, 9.17) is 4.74 Å². The van der Waals surface area contributed by atoms with Gasteiger partial charge in [0.15, 0.2) is 11.6 Å². The lowest BCUT2D eigenvalue weighted by Gasteiger charge is -2.14. The van der Waals surface area contributed by atoms with Crippen LogP contribution in [-0.2, 0) is 0 Å². The van der Waals surface area contributed by atoms with E-state index in [1.807, 2.05) is 0 Å². The largest absolute Gasteiger partial charge is 0.488 e. The molecule has 0 amide bonds. The quantitative estimate of drug-likeness (QED) is 0.830. The summed E-state index contributed by atoms with van der Waals surface area (Å²) in [6.07, 6.45) is -0.826. The molecule has 112 valence electrons. The van der Waals surface area contributed by atoms with Gasteiger partial charge in [-0.25, -0.2) is 8.78 Å². The molecule has 2 rings (SSSR count). The molecule has 0 radical (unpaired) electrons. The number of anilines is 1. The summed E-state index contributed by atoms with van der Waals surface area (Å²) < 4.78 is 31.9. The number of aliphatic hydroxyl groups is 1. The van der Waals surface area contributed by atoms with Crippen molar-refractivity contribution in [1.82, 2.24) is 0 Å². The predicted molar refractivity (Wildman–Crippen MR) is 80.5 cm³/mol. The minimum atomic E-state index is -0.826. The predicted octanol–water partition coefficient (Wildman–Crippen LogP) is 3.58. The number of hydrogen-bond acceptors (Lipinski definition) is 3. The average molecular weight is 358 g/mol. The van der Waals surface area contributed by atoms with Crippen LogP contribution in [0.3, 0.4) is 0 Å². The van der Waals surface area contributed by atoms with Crippen molar-refractivity contribution in [2.24, 2.45) is 0 Å². The van der Waals surface area contributed by atoms with Crippen molar-refractivity contribution in [1.29, 1.82) is 0 Å². The van der Waals surface area contributed by atoms with Crippen LogP contribution in [0.2, 0.25) is 0 Å². The Morgan fingerprint density at radius 3 is 2.62 bits per heavy atom. The number of nitrogens with one attached hydrogen (secondary N) is 1.